The number of nitrogens with two attached hydrogens (primary N) is 1. The molecule has 4 N–H and O–H groups in total. The van der Waals surface area contributed by atoms with Gasteiger partial charge in [-0.15, -0.1) is 0 Å². The summed E-state index contributed by atoms with van der Waals surface area (Å²) in [6.45, 7) is 1.80. The fourth-order valence-corrected chi connectivity index (χ4v) is 0.937. The summed E-state index contributed by atoms with van der Waals surface area (Å²) in [5.74, 6) is 0. The summed E-state index contributed by atoms with van der Waals surface area (Å²) in [6, 6.07) is 5.03. The summed E-state index contributed by atoms with van der Waals surface area (Å²) in [6.07, 6.45) is 0. The second kappa shape index (κ2) is 2.94. The molecule has 11 heavy (non-hydrogen) atoms. The van der Waals surface area contributed by atoms with Crippen molar-refractivity contribution in [3.8, 4) is 0 Å². The normalized spacial score (nSPS) is 9.73. The topological polar surface area (TPSA) is 66.5 Å². The molecule has 4 heteroatoms. The van der Waals surface area contributed by atoms with Gasteiger partial charge in [-0.3, -0.25) is 0 Å². The van der Waals surface area contributed by atoms with Crippen LogP contribution >= 0.6 is 0 Å². The standard InChI is InChI=1S/C7H10BNO2/c1-5-2-3-6(9)4-7(5)8(10)11/h2-4,10-11H,9H2,1H3. The Balaban J connectivity index is 3.13. The number of hydrogen-bond donors (Lipinski definition) is 3. The predicted molar refractivity (Wildman–Crippen MR) is 45.4 cm³/mol. The minimum Gasteiger partial charge on any atom is -0.423 e. The summed E-state index contributed by atoms with van der Waals surface area (Å²) in [5, 5.41) is 17.7. The van der Waals surface area contributed by atoms with E-state index in [-0.39, 0.29) is 0 Å². The average molecular weight is 151 g/mol. The molecule has 0 aromatic heterocycles. The molecule has 0 aliphatic rings. The molecular weight excluding hydrogens is 141 g/mol. The maximum absolute atomic E-state index is 8.83. The lowest BCUT2D eigenvalue weighted by molar-refractivity contribution is 0.425. The summed E-state index contributed by atoms with van der Waals surface area (Å²) in [5.41, 5.74) is 7.27. The molecule has 0 saturated carbocycles. The van der Waals surface area contributed by atoms with Crippen molar-refractivity contribution in [2.75, 3.05) is 5.73 Å². The van der Waals surface area contributed by atoms with Crippen molar-refractivity contribution < 1.29 is 10.0 Å². The minimum atomic E-state index is -1.43. The first-order valence-electron chi connectivity index (χ1n) is 3.33. The van der Waals surface area contributed by atoms with Crippen LogP contribution in [0.15, 0.2) is 18.2 Å². The summed E-state index contributed by atoms with van der Waals surface area (Å²) >= 11 is 0. The Morgan fingerprint density at radius 3 is 2.45 bits per heavy atom. The Labute approximate surface area is 65.6 Å². The molecule has 0 saturated heterocycles. The van der Waals surface area contributed by atoms with Gasteiger partial charge < -0.3 is 15.8 Å². The number of nitrogen functional groups attached to an aromatic ring is 1. The molecule has 0 bridgehead atoms. The Hall–Kier alpha value is -0.995. The van der Waals surface area contributed by atoms with Gasteiger partial charge in [-0.25, -0.2) is 0 Å². The summed E-state index contributed by atoms with van der Waals surface area (Å²) in [4.78, 5) is 0. The SMILES string of the molecule is Cc1ccc(N)cc1B(O)O. The largest absolute Gasteiger partial charge is 0.488 e. The van der Waals surface area contributed by atoms with Crippen LogP contribution in [0, 0.1) is 6.92 Å². The lowest BCUT2D eigenvalue weighted by Crippen LogP contribution is -2.32. The second-order valence-corrected chi connectivity index (χ2v) is 2.49. The predicted octanol–water partition coefficient (Wildman–Crippen LogP) is -0.743. The molecule has 0 heterocycles. The lowest BCUT2D eigenvalue weighted by Gasteiger charge is -2.04. The third kappa shape index (κ3) is 1.72. The van der Waals surface area contributed by atoms with Crippen LogP contribution in [0.1, 0.15) is 5.56 Å². The van der Waals surface area contributed by atoms with Crippen molar-refractivity contribution in [2.45, 2.75) is 6.92 Å². The van der Waals surface area contributed by atoms with Crippen molar-refractivity contribution in [2.24, 2.45) is 0 Å². The van der Waals surface area contributed by atoms with Gasteiger partial charge in [0.15, 0.2) is 0 Å². The molecule has 0 fully saturated rings. The highest BCUT2D eigenvalue weighted by molar-refractivity contribution is 6.59. The second-order valence-electron chi connectivity index (χ2n) is 2.49. The Kier molecular flexibility index (Phi) is 2.17. The van der Waals surface area contributed by atoms with Crippen molar-refractivity contribution in [3.63, 3.8) is 0 Å². The van der Waals surface area contributed by atoms with E-state index in [1.165, 1.54) is 0 Å². The van der Waals surface area contributed by atoms with Crippen molar-refractivity contribution in [3.05, 3.63) is 23.8 Å². The van der Waals surface area contributed by atoms with Gasteiger partial charge in [0.25, 0.3) is 0 Å². The number of anilines is 1. The molecule has 0 unspecified atom stereocenters. The van der Waals surface area contributed by atoms with E-state index in [2.05, 4.69) is 0 Å². The number of rotatable bonds is 1. The Morgan fingerprint density at radius 2 is 2.00 bits per heavy atom. The molecule has 1 aromatic rings. The van der Waals surface area contributed by atoms with Crippen LogP contribution < -0.4 is 11.2 Å². The molecule has 0 amide bonds. The minimum absolute atomic E-state index is 0.463. The van der Waals surface area contributed by atoms with Crippen LogP contribution in [0.3, 0.4) is 0 Å². The molecule has 0 atom stereocenters. The Bertz CT molecular complexity index is 263. The van der Waals surface area contributed by atoms with E-state index in [1.807, 2.05) is 0 Å². The number of hydrogen-bond acceptors (Lipinski definition) is 3. The first-order valence-corrected chi connectivity index (χ1v) is 3.33. The molecule has 0 radical (unpaired) electrons. The highest BCUT2D eigenvalue weighted by Gasteiger charge is 2.13. The smallest absolute Gasteiger partial charge is 0.423 e. The molecule has 3 nitrogen and oxygen atoms in total. The van der Waals surface area contributed by atoms with E-state index >= 15 is 0 Å². The zero-order valence-electron chi connectivity index (χ0n) is 6.28. The monoisotopic (exact) mass is 151 g/mol. The van der Waals surface area contributed by atoms with Crippen molar-refractivity contribution in [1.82, 2.24) is 0 Å². The van der Waals surface area contributed by atoms with Crippen LogP contribution in [0.25, 0.3) is 0 Å². The van der Waals surface area contributed by atoms with Crippen LogP contribution in [0.5, 0.6) is 0 Å². The van der Waals surface area contributed by atoms with Crippen LogP contribution in [0.2, 0.25) is 0 Å². The quantitative estimate of drug-likeness (QED) is 0.365. The van der Waals surface area contributed by atoms with Crippen LogP contribution in [-0.2, 0) is 0 Å². The third-order valence-corrected chi connectivity index (χ3v) is 1.58. The molecule has 0 aliphatic heterocycles. The fourth-order valence-electron chi connectivity index (χ4n) is 0.937. The fraction of sp³-hybridized carbons (Fsp3) is 0.143. The van der Waals surface area contributed by atoms with Gasteiger partial charge in [0.05, 0.1) is 0 Å². The summed E-state index contributed by atoms with van der Waals surface area (Å²) < 4.78 is 0. The van der Waals surface area contributed by atoms with Gasteiger partial charge in [-0.05, 0) is 24.5 Å². The van der Waals surface area contributed by atoms with E-state index < -0.39 is 7.12 Å². The Morgan fingerprint density at radius 1 is 1.36 bits per heavy atom. The molecule has 1 aromatic carbocycles. The van der Waals surface area contributed by atoms with E-state index in [0.29, 0.717) is 11.2 Å². The van der Waals surface area contributed by atoms with Gasteiger partial charge in [0.1, 0.15) is 0 Å². The van der Waals surface area contributed by atoms with E-state index in [0.717, 1.165) is 5.56 Å². The zero-order valence-corrected chi connectivity index (χ0v) is 6.28. The molecular formula is C7H10BNO2. The van der Waals surface area contributed by atoms with Crippen LogP contribution in [-0.4, -0.2) is 17.2 Å². The summed E-state index contributed by atoms with van der Waals surface area (Å²) in [7, 11) is -1.43. The first-order chi connectivity index (χ1) is 5.11. The van der Waals surface area contributed by atoms with E-state index in [4.69, 9.17) is 15.8 Å². The van der Waals surface area contributed by atoms with Gasteiger partial charge in [0.2, 0.25) is 0 Å². The average Bonchev–Trinajstić information content (AvgIpc) is 1.94. The third-order valence-electron chi connectivity index (χ3n) is 1.58. The van der Waals surface area contributed by atoms with Gasteiger partial charge in [-0.2, -0.15) is 0 Å². The highest BCUT2D eigenvalue weighted by Crippen LogP contribution is 2.01. The lowest BCUT2D eigenvalue weighted by atomic mass is 9.77. The van der Waals surface area contributed by atoms with Crippen LogP contribution in [0.4, 0.5) is 5.69 Å². The van der Waals surface area contributed by atoms with Crippen molar-refractivity contribution >= 4 is 18.3 Å². The molecule has 0 spiro atoms. The van der Waals surface area contributed by atoms with Gasteiger partial charge >= 0.3 is 7.12 Å². The molecule has 58 valence electrons. The van der Waals surface area contributed by atoms with Crippen molar-refractivity contribution in [1.29, 1.82) is 0 Å². The number of aryl methyl sites for hydroxylation is 1. The van der Waals surface area contributed by atoms with Gasteiger partial charge in [-0.1, -0.05) is 11.6 Å². The first kappa shape index (κ1) is 8.10. The van der Waals surface area contributed by atoms with E-state index in [1.54, 1.807) is 25.1 Å². The highest BCUT2D eigenvalue weighted by atomic mass is 16.4. The molecule has 0 aliphatic carbocycles. The zero-order chi connectivity index (χ0) is 8.43. The maximum Gasteiger partial charge on any atom is 0.488 e. The van der Waals surface area contributed by atoms with Gasteiger partial charge in [0, 0.05) is 5.69 Å². The maximum atomic E-state index is 8.83. The molecule has 1 rings (SSSR count). The number of benzene rings is 1. The van der Waals surface area contributed by atoms with E-state index in [9.17, 15) is 0 Å².